The number of benzene rings is 1. The van der Waals surface area contributed by atoms with Crippen LogP contribution in [0.15, 0.2) is 29.1 Å². The Morgan fingerprint density at radius 3 is 2.69 bits per heavy atom. The van der Waals surface area contributed by atoms with Crippen molar-refractivity contribution in [3.05, 3.63) is 34.6 Å². The summed E-state index contributed by atoms with van der Waals surface area (Å²) in [5, 5.41) is 7.70. The summed E-state index contributed by atoms with van der Waals surface area (Å²) in [4.78, 5) is 11.8. The van der Waals surface area contributed by atoms with Crippen LogP contribution >= 0.6 is 0 Å². The average molecular weight is 239 g/mol. The Balaban J connectivity index is 2.66. The molecule has 1 heterocycles. The molecule has 6 nitrogen and oxygen atoms in total. The molecule has 0 fully saturated rings. The molecule has 0 amide bonds. The van der Waals surface area contributed by atoms with Gasteiger partial charge < -0.3 is 0 Å². The van der Waals surface area contributed by atoms with Gasteiger partial charge in [0.1, 0.15) is 11.4 Å². The normalized spacial score (nSPS) is 11.8. The van der Waals surface area contributed by atoms with E-state index in [0.29, 0.717) is 10.9 Å². The predicted molar refractivity (Wildman–Crippen MR) is 58.6 cm³/mol. The van der Waals surface area contributed by atoms with Crippen molar-refractivity contribution < 1.29 is 8.42 Å². The molecular weight excluding hydrogens is 230 g/mol. The van der Waals surface area contributed by atoms with Gasteiger partial charge in [0.25, 0.3) is 5.56 Å². The molecule has 0 aliphatic carbocycles. The highest BCUT2D eigenvalue weighted by Gasteiger charge is 2.09. The molecule has 2 aromatic rings. The van der Waals surface area contributed by atoms with E-state index in [1.807, 2.05) is 0 Å². The minimum atomic E-state index is -3.31. The van der Waals surface area contributed by atoms with Gasteiger partial charge in [-0.3, -0.25) is 4.79 Å². The molecule has 0 spiro atoms. The van der Waals surface area contributed by atoms with E-state index in [1.165, 1.54) is 0 Å². The Bertz CT molecular complexity index is 690. The highest BCUT2D eigenvalue weighted by molar-refractivity contribution is 7.89. The van der Waals surface area contributed by atoms with E-state index < -0.39 is 21.3 Å². The second-order valence-electron chi connectivity index (χ2n) is 3.47. The number of hydrogen-bond donors (Lipinski definition) is 0. The first-order valence-corrected chi connectivity index (χ1v) is 6.54. The van der Waals surface area contributed by atoms with E-state index in [4.69, 9.17) is 0 Å². The lowest BCUT2D eigenvalue weighted by atomic mass is 10.2. The van der Waals surface area contributed by atoms with Crippen molar-refractivity contribution in [1.29, 1.82) is 0 Å². The zero-order valence-electron chi connectivity index (χ0n) is 8.49. The third kappa shape index (κ3) is 2.08. The molecule has 1 aromatic heterocycles. The highest BCUT2D eigenvalue weighted by Crippen LogP contribution is 2.03. The van der Waals surface area contributed by atoms with Gasteiger partial charge in [-0.25, -0.2) is 8.42 Å². The monoisotopic (exact) mass is 239 g/mol. The maximum atomic E-state index is 11.8. The second-order valence-corrected chi connectivity index (χ2v) is 5.58. The van der Waals surface area contributed by atoms with E-state index in [9.17, 15) is 13.2 Å². The number of rotatable bonds is 2. The van der Waals surface area contributed by atoms with Crippen molar-refractivity contribution in [3.8, 4) is 0 Å². The lowest BCUT2D eigenvalue weighted by Crippen LogP contribution is -2.27. The number of sulfone groups is 1. The molecule has 16 heavy (non-hydrogen) atoms. The first kappa shape index (κ1) is 10.7. The largest absolute Gasteiger partial charge is 0.278 e. The maximum absolute atomic E-state index is 11.8. The Kier molecular flexibility index (Phi) is 2.47. The van der Waals surface area contributed by atoms with Crippen LogP contribution < -0.4 is 5.56 Å². The first-order valence-electron chi connectivity index (χ1n) is 4.48. The summed E-state index contributed by atoms with van der Waals surface area (Å²) in [6.45, 7) is 0. The minimum Gasteiger partial charge on any atom is -0.267 e. The van der Waals surface area contributed by atoms with Crippen LogP contribution in [0.25, 0.3) is 10.9 Å². The third-order valence-electron chi connectivity index (χ3n) is 1.99. The van der Waals surface area contributed by atoms with Gasteiger partial charge in [-0.2, -0.15) is 4.68 Å². The van der Waals surface area contributed by atoms with E-state index in [1.54, 1.807) is 24.3 Å². The Morgan fingerprint density at radius 2 is 2.00 bits per heavy atom. The van der Waals surface area contributed by atoms with Crippen LogP contribution in [-0.2, 0) is 15.7 Å². The number of nitrogens with zero attached hydrogens (tertiary/aromatic N) is 3. The number of aromatic nitrogens is 3. The summed E-state index contributed by atoms with van der Waals surface area (Å²) in [6, 6.07) is 6.66. The van der Waals surface area contributed by atoms with Gasteiger partial charge in [-0.05, 0) is 12.1 Å². The molecule has 0 aliphatic rings. The van der Waals surface area contributed by atoms with Crippen LogP contribution in [0.4, 0.5) is 0 Å². The van der Waals surface area contributed by atoms with E-state index in [2.05, 4.69) is 10.3 Å². The van der Waals surface area contributed by atoms with Crippen molar-refractivity contribution in [3.63, 3.8) is 0 Å². The standard InChI is InChI=1S/C9H9N3O3S/c1-16(14,15)6-12-9(13)7-4-2-3-5-8(7)10-11-12/h2-5H,6H2,1H3. The summed E-state index contributed by atoms with van der Waals surface area (Å²) in [5.74, 6) is -0.455. The Labute approximate surface area is 91.4 Å². The second kappa shape index (κ2) is 3.67. The lowest BCUT2D eigenvalue weighted by molar-refractivity contribution is 0.564. The molecular formula is C9H9N3O3S. The van der Waals surface area contributed by atoms with E-state index in [0.717, 1.165) is 10.9 Å². The molecule has 0 saturated carbocycles. The molecule has 0 atom stereocenters. The molecule has 2 rings (SSSR count). The van der Waals surface area contributed by atoms with Crippen molar-refractivity contribution in [2.75, 3.05) is 6.26 Å². The van der Waals surface area contributed by atoms with E-state index in [-0.39, 0.29) is 0 Å². The average Bonchev–Trinajstić information content (AvgIpc) is 2.21. The molecule has 0 aliphatic heterocycles. The lowest BCUT2D eigenvalue weighted by Gasteiger charge is -2.02. The SMILES string of the molecule is CS(=O)(=O)Cn1nnc2ccccc2c1=O. The smallest absolute Gasteiger partial charge is 0.267 e. The van der Waals surface area contributed by atoms with Crippen LogP contribution in [0.5, 0.6) is 0 Å². The fourth-order valence-electron chi connectivity index (χ4n) is 1.33. The minimum absolute atomic E-state index is 0.362. The first-order chi connectivity index (χ1) is 7.47. The van der Waals surface area contributed by atoms with Gasteiger partial charge >= 0.3 is 0 Å². The van der Waals surface area contributed by atoms with Gasteiger partial charge in [-0.15, -0.1) is 5.10 Å². The van der Waals surface area contributed by atoms with Gasteiger partial charge in [0, 0.05) is 6.26 Å². The molecule has 1 aromatic carbocycles. The third-order valence-corrected chi connectivity index (χ3v) is 2.70. The summed E-state index contributed by atoms with van der Waals surface area (Å²) in [6.07, 6.45) is 1.04. The summed E-state index contributed by atoms with van der Waals surface area (Å²) in [7, 11) is -3.31. The molecule has 84 valence electrons. The number of fused-ring (bicyclic) bond motifs is 1. The molecule has 0 bridgehead atoms. The number of hydrogen-bond acceptors (Lipinski definition) is 5. The zero-order chi connectivity index (χ0) is 11.8. The fraction of sp³-hybridized carbons (Fsp3) is 0.222. The zero-order valence-corrected chi connectivity index (χ0v) is 9.31. The van der Waals surface area contributed by atoms with Crippen molar-refractivity contribution in [2.24, 2.45) is 0 Å². The fourth-order valence-corrected chi connectivity index (χ4v) is 1.94. The molecule has 0 radical (unpaired) electrons. The summed E-state index contributed by atoms with van der Waals surface area (Å²) in [5.41, 5.74) is 0.00766. The maximum Gasteiger partial charge on any atom is 0.278 e. The van der Waals surface area contributed by atoms with Crippen molar-refractivity contribution in [1.82, 2.24) is 15.0 Å². The van der Waals surface area contributed by atoms with Crippen LogP contribution in [-0.4, -0.2) is 29.7 Å². The quantitative estimate of drug-likeness (QED) is 0.724. The topological polar surface area (TPSA) is 81.9 Å². The van der Waals surface area contributed by atoms with Crippen LogP contribution in [0.1, 0.15) is 0 Å². The molecule has 7 heteroatoms. The highest BCUT2D eigenvalue weighted by atomic mass is 32.2. The van der Waals surface area contributed by atoms with Crippen LogP contribution in [0.2, 0.25) is 0 Å². The van der Waals surface area contributed by atoms with Crippen LogP contribution in [0, 0.1) is 0 Å². The van der Waals surface area contributed by atoms with Crippen molar-refractivity contribution in [2.45, 2.75) is 5.88 Å². The van der Waals surface area contributed by atoms with Gasteiger partial charge in [0.15, 0.2) is 9.84 Å². The molecule has 0 N–H and O–H groups in total. The summed E-state index contributed by atoms with van der Waals surface area (Å²) >= 11 is 0. The Morgan fingerprint density at radius 1 is 1.31 bits per heavy atom. The van der Waals surface area contributed by atoms with Gasteiger partial charge in [0.2, 0.25) is 0 Å². The molecule has 0 unspecified atom stereocenters. The van der Waals surface area contributed by atoms with Crippen molar-refractivity contribution >= 4 is 20.7 Å². The summed E-state index contributed by atoms with van der Waals surface area (Å²) < 4.78 is 23.0. The molecule has 0 saturated heterocycles. The van der Waals surface area contributed by atoms with Gasteiger partial charge in [-0.1, -0.05) is 17.3 Å². The van der Waals surface area contributed by atoms with Gasteiger partial charge in [0.05, 0.1) is 5.39 Å². The Hall–Kier alpha value is -1.76. The predicted octanol–water partition coefficient (Wildman–Crippen LogP) is -0.206. The van der Waals surface area contributed by atoms with E-state index >= 15 is 0 Å². The van der Waals surface area contributed by atoms with Crippen LogP contribution in [0.3, 0.4) is 0 Å².